The second kappa shape index (κ2) is 4.29. The summed E-state index contributed by atoms with van der Waals surface area (Å²) >= 11 is 0. The highest BCUT2D eigenvalue weighted by atomic mass is 16.6. The Morgan fingerprint density at radius 1 is 1.28 bits per heavy atom. The van der Waals surface area contributed by atoms with Crippen LogP contribution in [0.15, 0.2) is 24.7 Å². The Labute approximate surface area is 102 Å². The Balaban J connectivity index is 2.00. The van der Waals surface area contributed by atoms with Gasteiger partial charge in [-0.05, 0) is 12.1 Å². The van der Waals surface area contributed by atoms with Crippen molar-refractivity contribution >= 4 is 11.2 Å². The molecule has 1 aliphatic rings. The smallest absolute Gasteiger partial charge is 0.165 e. The molecule has 1 saturated heterocycles. The van der Waals surface area contributed by atoms with Gasteiger partial charge in [0.05, 0.1) is 12.9 Å². The molecule has 2 aromatic rings. The molecule has 0 spiro atoms. The number of fused-ring (bicyclic) bond motifs is 1. The summed E-state index contributed by atoms with van der Waals surface area (Å²) in [6, 6.07) is 3.55. The first kappa shape index (κ1) is 11.5. The predicted octanol–water partition coefficient (Wildman–Crippen LogP) is -0.957. The fourth-order valence-corrected chi connectivity index (χ4v) is 2.16. The van der Waals surface area contributed by atoms with Crippen LogP contribution in [0.3, 0.4) is 0 Å². The van der Waals surface area contributed by atoms with Gasteiger partial charge in [-0.1, -0.05) is 0 Å². The SMILES string of the molecule is OCC1OC(n2cnc3cccnc32)C(O)C1O. The Morgan fingerprint density at radius 3 is 2.83 bits per heavy atom. The Kier molecular flexibility index (Phi) is 2.75. The van der Waals surface area contributed by atoms with Crippen LogP contribution in [0.4, 0.5) is 0 Å². The molecule has 18 heavy (non-hydrogen) atoms. The van der Waals surface area contributed by atoms with E-state index in [1.54, 1.807) is 22.9 Å². The minimum atomic E-state index is -1.12. The van der Waals surface area contributed by atoms with Gasteiger partial charge in [-0.15, -0.1) is 0 Å². The van der Waals surface area contributed by atoms with E-state index in [1.807, 2.05) is 0 Å². The molecule has 2 aromatic heterocycles. The summed E-state index contributed by atoms with van der Waals surface area (Å²) in [7, 11) is 0. The van der Waals surface area contributed by atoms with Crippen LogP contribution in [-0.4, -0.2) is 54.8 Å². The Bertz CT molecular complexity index is 558. The van der Waals surface area contributed by atoms with E-state index in [4.69, 9.17) is 9.84 Å². The van der Waals surface area contributed by atoms with E-state index in [1.165, 1.54) is 6.33 Å². The molecule has 4 atom stereocenters. The summed E-state index contributed by atoms with van der Waals surface area (Å²) in [5, 5.41) is 28.7. The topological polar surface area (TPSA) is 101 Å². The van der Waals surface area contributed by atoms with Gasteiger partial charge in [0, 0.05) is 6.20 Å². The zero-order valence-electron chi connectivity index (χ0n) is 9.42. The number of hydrogen-bond donors (Lipinski definition) is 3. The standard InChI is InChI=1S/C11H13N3O4/c15-4-7-8(16)9(17)11(18-7)14-5-13-6-2-1-3-12-10(6)14/h1-3,5,7-9,11,15-17H,4H2. The van der Waals surface area contributed by atoms with Crippen LogP contribution >= 0.6 is 0 Å². The maximum absolute atomic E-state index is 9.93. The number of aliphatic hydroxyl groups excluding tert-OH is 3. The molecule has 7 nitrogen and oxygen atoms in total. The van der Waals surface area contributed by atoms with Gasteiger partial charge in [-0.3, -0.25) is 4.57 Å². The van der Waals surface area contributed by atoms with Gasteiger partial charge >= 0.3 is 0 Å². The number of ether oxygens (including phenoxy) is 1. The number of aliphatic hydroxyl groups is 3. The van der Waals surface area contributed by atoms with Crippen LogP contribution in [-0.2, 0) is 4.74 Å². The summed E-state index contributed by atoms with van der Waals surface area (Å²) in [6.45, 7) is -0.352. The molecule has 3 heterocycles. The molecule has 3 N–H and O–H groups in total. The number of nitrogens with zero attached hydrogens (tertiary/aromatic N) is 3. The van der Waals surface area contributed by atoms with Gasteiger partial charge in [-0.2, -0.15) is 0 Å². The quantitative estimate of drug-likeness (QED) is 0.635. The van der Waals surface area contributed by atoms with Crippen molar-refractivity contribution < 1.29 is 20.1 Å². The maximum atomic E-state index is 9.93. The van der Waals surface area contributed by atoms with Crippen LogP contribution in [0, 0.1) is 0 Å². The minimum absolute atomic E-state index is 0.352. The first-order chi connectivity index (χ1) is 8.72. The van der Waals surface area contributed by atoms with Gasteiger partial charge in [0.2, 0.25) is 0 Å². The molecular weight excluding hydrogens is 238 g/mol. The van der Waals surface area contributed by atoms with Crippen LogP contribution in [0.2, 0.25) is 0 Å². The highest BCUT2D eigenvalue weighted by Gasteiger charge is 2.43. The van der Waals surface area contributed by atoms with Gasteiger partial charge < -0.3 is 20.1 Å². The van der Waals surface area contributed by atoms with E-state index in [-0.39, 0.29) is 6.61 Å². The predicted molar refractivity (Wildman–Crippen MR) is 60.5 cm³/mol. The average Bonchev–Trinajstić information content (AvgIpc) is 2.93. The minimum Gasteiger partial charge on any atom is -0.394 e. The first-order valence-electron chi connectivity index (χ1n) is 5.62. The molecule has 96 valence electrons. The Hall–Kier alpha value is -1.54. The molecule has 0 amide bonds. The van der Waals surface area contributed by atoms with Crippen LogP contribution in [0.25, 0.3) is 11.2 Å². The fraction of sp³-hybridized carbons (Fsp3) is 0.455. The van der Waals surface area contributed by atoms with E-state index < -0.39 is 24.5 Å². The second-order valence-electron chi connectivity index (χ2n) is 4.23. The highest BCUT2D eigenvalue weighted by Crippen LogP contribution is 2.30. The third kappa shape index (κ3) is 1.60. The molecular formula is C11H13N3O4. The van der Waals surface area contributed by atoms with Crippen LogP contribution in [0.5, 0.6) is 0 Å². The van der Waals surface area contributed by atoms with Crippen molar-refractivity contribution in [3.63, 3.8) is 0 Å². The lowest BCUT2D eigenvalue weighted by atomic mass is 10.1. The summed E-state index contributed by atoms with van der Waals surface area (Å²) in [5.41, 5.74) is 1.24. The third-order valence-corrected chi connectivity index (χ3v) is 3.12. The maximum Gasteiger partial charge on any atom is 0.165 e. The number of aromatic nitrogens is 3. The summed E-state index contributed by atoms with van der Waals surface area (Å²) in [6.07, 6.45) is -0.731. The van der Waals surface area contributed by atoms with E-state index in [2.05, 4.69) is 9.97 Å². The van der Waals surface area contributed by atoms with E-state index in [0.717, 1.165) is 0 Å². The number of rotatable bonds is 2. The van der Waals surface area contributed by atoms with Gasteiger partial charge in [0.1, 0.15) is 23.8 Å². The lowest BCUT2D eigenvalue weighted by molar-refractivity contribution is -0.0511. The lowest BCUT2D eigenvalue weighted by Gasteiger charge is -2.16. The van der Waals surface area contributed by atoms with Crippen molar-refractivity contribution in [3.8, 4) is 0 Å². The highest BCUT2D eigenvalue weighted by molar-refractivity contribution is 5.70. The molecule has 0 radical (unpaired) electrons. The largest absolute Gasteiger partial charge is 0.394 e. The monoisotopic (exact) mass is 251 g/mol. The second-order valence-corrected chi connectivity index (χ2v) is 4.23. The Morgan fingerprint density at radius 2 is 2.11 bits per heavy atom. The zero-order valence-corrected chi connectivity index (χ0v) is 9.42. The molecule has 7 heteroatoms. The third-order valence-electron chi connectivity index (χ3n) is 3.12. The van der Waals surface area contributed by atoms with Crippen molar-refractivity contribution in [1.29, 1.82) is 0 Å². The van der Waals surface area contributed by atoms with Crippen molar-refractivity contribution in [2.24, 2.45) is 0 Å². The summed E-state index contributed by atoms with van der Waals surface area (Å²) in [5.74, 6) is 0. The van der Waals surface area contributed by atoms with Crippen molar-refractivity contribution in [3.05, 3.63) is 24.7 Å². The molecule has 1 fully saturated rings. The van der Waals surface area contributed by atoms with Crippen LogP contribution < -0.4 is 0 Å². The van der Waals surface area contributed by atoms with Gasteiger partial charge in [-0.25, -0.2) is 9.97 Å². The number of imidazole rings is 1. The van der Waals surface area contributed by atoms with Crippen LogP contribution in [0.1, 0.15) is 6.23 Å². The average molecular weight is 251 g/mol. The summed E-state index contributed by atoms with van der Waals surface area (Å²) in [4.78, 5) is 8.30. The molecule has 0 saturated carbocycles. The van der Waals surface area contributed by atoms with Crippen molar-refractivity contribution in [2.75, 3.05) is 6.61 Å². The molecule has 0 aromatic carbocycles. The molecule has 0 bridgehead atoms. The summed E-state index contributed by atoms with van der Waals surface area (Å²) < 4.78 is 6.98. The fourth-order valence-electron chi connectivity index (χ4n) is 2.16. The molecule has 0 aliphatic carbocycles. The van der Waals surface area contributed by atoms with Gasteiger partial charge in [0.25, 0.3) is 0 Å². The molecule has 3 rings (SSSR count). The number of hydrogen-bond acceptors (Lipinski definition) is 6. The molecule has 4 unspecified atom stereocenters. The van der Waals surface area contributed by atoms with E-state index in [9.17, 15) is 10.2 Å². The van der Waals surface area contributed by atoms with Crippen molar-refractivity contribution in [2.45, 2.75) is 24.5 Å². The normalized spacial score (nSPS) is 32.2. The van der Waals surface area contributed by atoms with E-state index >= 15 is 0 Å². The van der Waals surface area contributed by atoms with E-state index in [0.29, 0.717) is 11.2 Å². The molecule has 1 aliphatic heterocycles. The van der Waals surface area contributed by atoms with Crippen molar-refractivity contribution in [1.82, 2.24) is 14.5 Å². The first-order valence-corrected chi connectivity index (χ1v) is 5.62. The number of pyridine rings is 1. The zero-order chi connectivity index (χ0) is 12.7. The van der Waals surface area contributed by atoms with Gasteiger partial charge in [0.15, 0.2) is 11.9 Å². The lowest BCUT2D eigenvalue weighted by Crippen LogP contribution is -2.33.